The van der Waals surface area contributed by atoms with Crippen molar-refractivity contribution >= 4 is 0 Å². The molecule has 0 aromatic carbocycles. The Labute approximate surface area is 82.3 Å². The minimum Gasteiger partial charge on any atom is -0.311 e. The topological polar surface area (TPSA) is 12.0 Å². The SMILES string of the molecule is CC1CCC(NC2CCCCC2)C1. The van der Waals surface area contributed by atoms with Crippen molar-refractivity contribution in [2.45, 2.75) is 70.4 Å². The highest BCUT2D eigenvalue weighted by Crippen LogP contribution is 2.27. The second-order valence-corrected chi connectivity index (χ2v) is 5.12. The molecule has 0 aromatic rings. The standard InChI is InChI=1S/C12H23N/c1-10-7-8-12(9-10)13-11-5-3-2-4-6-11/h10-13H,2-9H2,1H3. The van der Waals surface area contributed by atoms with E-state index >= 15 is 0 Å². The van der Waals surface area contributed by atoms with Gasteiger partial charge in [-0.2, -0.15) is 0 Å². The first-order valence-electron chi connectivity index (χ1n) is 6.10. The molecule has 0 saturated heterocycles. The molecule has 0 heterocycles. The molecule has 2 fully saturated rings. The smallest absolute Gasteiger partial charge is 0.00722 e. The van der Waals surface area contributed by atoms with Crippen molar-refractivity contribution in [3.63, 3.8) is 0 Å². The summed E-state index contributed by atoms with van der Waals surface area (Å²) in [5, 5.41) is 3.85. The van der Waals surface area contributed by atoms with Crippen LogP contribution in [0.2, 0.25) is 0 Å². The summed E-state index contributed by atoms with van der Waals surface area (Å²) in [7, 11) is 0. The molecule has 1 nitrogen and oxygen atoms in total. The van der Waals surface area contributed by atoms with E-state index in [1.165, 1.54) is 51.4 Å². The van der Waals surface area contributed by atoms with Crippen LogP contribution < -0.4 is 5.32 Å². The van der Waals surface area contributed by atoms with E-state index in [0.29, 0.717) is 0 Å². The molecular weight excluding hydrogens is 158 g/mol. The molecule has 2 rings (SSSR count). The van der Waals surface area contributed by atoms with Gasteiger partial charge in [-0.3, -0.25) is 0 Å². The van der Waals surface area contributed by atoms with Crippen LogP contribution in [0, 0.1) is 5.92 Å². The molecule has 0 spiro atoms. The normalized spacial score (nSPS) is 36.7. The molecule has 0 amide bonds. The van der Waals surface area contributed by atoms with E-state index in [2.05, 4.69) is 12.2 Å². The summed E-state index contributed by atoms with van der Waals surface area (Å²) in [4.78, 5) is 0. The quantitative estimate of drug-likeness (QED) is 0.690. The number of hydrogen-bond donors (Lipinski definition) is 1. The Morgan fingerprint density at radius 3 is 2.23 bits per heavy atom. The van der Waals surface area contributed by atoms with E-state index in [4.69, 9.17) is 0 Å². The van der Waals surface area contributed by atoms with Crippen LogP contribution in [0.5, 0.6) is 0 Å². The molecule has 2 unspecified atom stereocenters. The average molecular weight is 181 g/mol. The molecule has 0 bridgehead atoms. The molecule has 2 atom stereocenters. The van der Waals surface area contributed by atoms with Gasteiger partial charge in [0.2, 0.25) is 0 Å². The Morgan fingerprint density at radius 1 is 0.846 bits per heavy atom. The lowest BCUT2D eigenvalue weighted by molar-refractivity contribution is 0.334. The molecule has 2 aliphatic carbocycles. The first-order chi connectivity index (χ1) is 6.34. The van der Waals surface area contributed by atoms with Gasteiger partial charge in [0.15, 0.2) is 0 Å². The van der Waals surface area contributed by atoms with Gasteiger partial charge in [-0.1, -0.05) is 26.2 Å². The maximum Gasteiger partial charge on any atom is 0.00722 e. The first-order valence-corrected chi connectivity index (χ1v) is 6.10. The van der Waals surface area contributed by atoms with E-state index in [9.17, 15) is 0 Å². The van der Waals surface area contributed by atoms with Crippen molar-refractivity contribution in [1.29, 1.82) is 0 Å². The fourth-order valence-corrected chi connectivity index (χ4v) is 2.96. The van der Waals surface area contributed by atoms with Gasteiger partial charge in [0.1, 0.15) is 0 Å². The third-order valence-electron chi connectivity index (χ3n) is 3.77. The van der Waals surface area contributed by atoms with Crippen molar-refractivity contribution in [3.8, 4) is 0 Å². The van der Waals surface area contributed by atoms with Crippen molar-refractivity contribution < 1.29 is 0 Å². The summed E-state index contributed by atoms with van der Waals surface area (Å²) in [5.74, 6) is 0.973. The Kier molecular flexibility index (Phi) is 3.26. The Balaban J connectivity index is 1.71. The van der Waals surface area contributed by atoms with Crippen LogP contribution in [0.1, 0.15) is 58.3 Å². The number of hydrogen-bond acceptors (Lipinski definition) is 1. The molecular formula is C12H23N. The third kappa shape index (κ3) is 2.70. The maximum atomic E-state index is 3.85. The number of nitrogens with one attached hydrogen (secondary N) is 1. The Hall–Kier alpha value is -0.0400. The van der Waals surface area contributed by atoms with E-state index in [-0.39, 0.29) is 0 Å². The molecule has 1 N–H and O–H groups in total. The van der Waals surface area contributed by atoms with Crippen molar-refractivity contribution in [3.05, 3.63) is 0 Å². The Bertz CT molecular complexity index is 146. The van der Waals surface area contributed by atoms with Gasteiger partial charge in [-0.05, 0) is 38.0 Å². The summed E-state index contributed by atoms with van der Waals surface area (Å²) < 4.78 is 0. The zero-order chi connectivity index (χ0) is 9.10. The van der Waals surface area contributed by atoms with Gasteiger partial charge in [0, 0.05) is 12.1 Å². The van der Waals surface area contributed by atoms with Gasteiger partial charge < -0.3 is 5.32 Å². The van der Waals surface area contributed by atoms with Crippen molar-refractivity contribution in [2.24, 2.45) is 5.92 Å². The summed E-state index contributed by atoms with van der Waals surface area (Å²) in [5.41, 5.74) is 0. The van der Waals surface area contributed by atoms with Crippen LogP contribution in [-0.4, -0.2) is 12.1 Å². The van der Waals surface area contributed by atoms with Crippen molar-refractivity contribution in [1.82, 2.24) is 5.32 Å². The lowest BCUT2D eigenvalue weighted by Gasteiger charge is -2.26. The van der Waals surface area contributed by atoms with Gasteiger partial charge >= 0.3 is 0 Å². The second-order valence-electron chi connectivity index (χ2n) is 5.12. The summed E-state index contributed by atoms with van der Waals surface area (Å²) >= 11 is 0. The molecule has 76 valence electrons. The van der Waals surface area contributed by atoms with Crippen LogP contribution in [0.15, 0.2) is 0 Å². The summed E-state index contributed by atoms with van der Waals surface area (Å²) in [6.45, 7) is 2.39. The van der Waals surface area contributed by atoms with Gasteiger partial charge in [-0.15, -0.1) is 0 Å². The fraction of sp³-hybridized carbons (Fsp3) is 1.00. The second kappa shape index (κ2) is 4.45. The first kappa shape index (κ1) is 9.51. The predicted molar refractivity (Wildman–Crippen MR) is 56.8 cm³/mol. The van der Waals surface area contributed by atoms with Gasteiger partial charge in [-0.25, -0.2) is 0 Å². The van der Waals surface area contributed by atoms with E-state index in [0.717, 1.165) is 18.0 Å². The molecule has 1 heteroatoms. The average Bonchev–Trinajstić information content (AvgIpc) is 2.53. The predicted octanol–water partition coefficient (Wildman–Crippen LogP) is 3.10. The molecule has 0 aromatic heterocycles. The van der Waals surface area contributed by atoms with Crippen LogP contribution in [0.3, 0.4) is 0 Å². The Morgan fingerprint density at radius 2 is 1.62 bits per heavy atom. The molecule has 0 radical (unpaired) electrons. The van der Waals surface area contributed by atoms with Gasteiger partial charge in [0.05, 0.1) is 0 Å². The maximum absolute atomic E-state index is 3.85. The highest BCUT2D eigenvalue weighted by atomic mass is 15.0. The zero-order valence-electron chi connectivity index (χ0n) is 8.89. The summed E-state index contributed by atoms with van der Waals surface area (Å²) in [6, 6.07) is 1.72. The lowest BCUT2D eigenvalue weighted by atomic mass is 9.94. The zero-order valence-corrected chi connectivity index (χ0v) is 8.89. The minimum atomic E-state index is 0.859. The van der Waals surface area contributed by atoms with E-state index < -0.39 is 0 Å². The van der Waals surface area contributed by atoms with Crippen LogP contribution in [0.4, 0.5) is 0 Å². The van der Waals surface area contributed by atoms with Gasteiger partial charge in [0.25, 0.3) is 0 Å². The highest BCUT2D eigenvalue weighted by molar-refractivity contribution is 4.83. The van der Waals surface area contributed by atoms with Crippen molar-refractivity contribution in [2.75, 3.05) is 0 Å². The van der Waals surface area contributed by atoms with E-state index in [1.54, 1.807) is 0 Å². The highest BCUT2D eigenvalue weighted by Gasteiger charge is 2.24. The lowest BCUT2D eigenvalue weighted by Crippen LogP contribution is -2.38. The summed E-state index contributed by atoms with van der Waals surface area (Å²) in [6.07, 6.45) is 11.6. The van der Waals surface area contributed by atoms with Crippen LogP contribution in [0.25, 0.3) is 0 Å². The molecule has 2 saturated carbocycles. The number of rotatable bonds is 2. The molecule has 13 heavy (non-hydrogen) atoms. The molecule has 0 aliphatic heterocycles. The fourth-order valence-electron chi connectivity index (χ4n) is 2.96. The monoisotopic (exact) mass is 181 g/mol. The minimum absolute atomic E-state index is 0.859. The molecule has 2 aliphatic rings. The largest absolute Gasteiger partial charge is 0.311 e. The third-order valence-corrected chi connectivity index (χ3v) is 3.77. The van der Waals surface area contributed by atoms with Crippen LogP contribution in [-0.2, 0) is 0 Å². The van der Waals surface area contributed by atoms with E-state index in [1.807, 2.05) is 0 Å². The van der Waals surface area contributed by atoms with Crippen LogP contribution >= 0.6 is 0 Å².